The van der Waals surface area contributed by atoms with Crippen LogP contribution in [0.15, 0.2) is 64.1 Å². The highest BCUT2D eigenvalue weighted by molar-refractivity contribution is 5.99. The van der Waals surface area contributed by atoms with Gasteiger partial charge in [0.25, 0.3) is 5.56 Å². The molecular weight excluding hydrogens is 397 g/mol. The van der Waals surface area contributed by atoms with E-state index in [0.717, 1.165) is 18.8 Å². The van der Waals surface area contributed by atoms with Gasteiger partial charge in [-0.25, -0.2) is 4.39 Å². The van der Waals surface area contributed by atoms with Crippen molar-refractivity contribution in [3.05, 3.63) is 86.4 Å². The van der Waals surface area contributed by atoms with Crippen LogP contribution in [0.25, 0.3) is 5.65 Å². The van der Waals surface area contributed by atoms with E-state index in [1.54, 1.807) is 6.92 Å². The van der Waals surface area contributed by atoms with Gasteiger partial charge in [-0.3, -0.25) is 18.8 Å². The van der Waals surface area contributed by atoms with Crippen molar-refractivity contribution < 1.29 is 9.18 Å². The Labute approximate surface area is 180 Å². The average Bonchev–Trinajstić information content (AvgIpc) is 2.76. The molecule has 0 radical (unpaired) electrons. The molecule has 164 valence electrons. The van der Waals surface area contributed by atoms with Gasteiger partial charge in [0.2, 0.25) is 0 Å². The van der Waals surface area contributed by atoms with Crippen LogP contribution in [-0.2, 0) is 11.2 Å². The largest absolute Gasteiger partial charge is 0.345 e. The summed E-state index contributed by atoms with van der Waals surface area (Å²) in [5.74, 6) is -0.533. The lowest BCUT2D eigenvalue weighted by molar-refractivity contribution is -0.120. The SMILES string of the molecule is C=C(/C=C\C(F)=C/C)C(=O)C1CCN(CCc2c(C)[nH]c3cc(=O)ccn3c2=O)CC1. The molecule has 0 unspecified atom stereocenters. The summed E-state index contributed by atoms with van der Waals surface area (Å²) in [4.78, 5) is 42.3. The van der Waals surface area contributed by atoms with Crippen LogP contribution in [0.2, 0.25) is 0 Å². The van der Waals surface area contributed by atoms with Crippen molar-refractivity contribution in [2.75, 3.05) is 19.6 Å². The number of nitrogens with zero attached hydrogens (tertiary/aromatic N) is 2. The second-order valence-electron chi connectivity index (χ2n) is 7.91. The Morgan fingerprint density at radius 2 is 2.00 bits per heavy atom. The monoisotopic (exact) mass is 425 g/mol. The Balaban J connectivity index is 1.58. The second kappa shape index (κ2) is 9.83. The molecule has 3 rings (SSSR count). The van der Waals surface area contributed by atoms with Crippen molar-refractivity contribution in [3.63, 3.8) is 0 Å². The molecule has 1 N–H and O–H groups in total. The summed E-state index contributed by atoms with van der Waals surface area (Å²) < 4.78 is 14.7. The second-order valence-corrected chi connectivity index (χ2v) is 7.91. The van der Waals surface area contributed by atoms with Gasteiger partial charge in [-0.2, -0.15) is 0 Å². The number of allylic oxidation sites excluding steroid dienone is 5. The Morgan fingerprint density at radius 1 is 1.29 bits per heavy atom. The van der Waals surface area contributed by atoms with Gasteiger partial charge in [0, 0.05) is 47.6 Å². The standard InChI is InChI=1S/C24H28FN3O3/c1-4-19(25)6-5-16(2)23(30)18-7-11-27(12-8-18)13-10-21-17(3)26-22-15-20(29)9-14-28(22)24(21)31/h4-6,9,14-15,18,26H,2,7-8,10-13H2,1,3H3/b6-5-,19-4+. The number of aromatic nitrogens is 2. The fourth-order valence-electron chi connectivity index (χ4n) is 3.93. The number of rotatable bonds is 7. The van der Waals surface area contributed by atoms with E-state index in [-0.39, 0.29) is 22.7 Å². The number of halogens is 1. The van der Waals surface area contributed by atoms with Crippen molar-refractivity contribution in [3.8, 4) is 0 Å². The Morgan fingerprint density at radius 3 is 2.68 bits per heavy atom. The van der Waals surface area contributed by atoms with Crippen molar-refractivity contribution >= 4 is 11.4 Å². The number of fused-ring (bicyclic) bond motifs is 1. The zero-order chi connectivity index (χ0) is 22.5. The number of carbonyl (C=O) groups excluding carboxylic acids is 1. The number of hydrogen-bond acceptors (Lipinski definition) is 4. The normalized spacial score (nSPS) is 16.3. The predicted molar refractivity (Wildman–Crippen MR) is 120 cm³/mol. The number of hydrogen-bond donors (Lipinski definition) is 1. The van der Waals surface area contributed by atoms with E-state index in [9.17, 15) is 18.8 Å². The highest BCUT2D eigenvalue weighted by Gasteiger charge is 2.25. The maximum Gasteiger partial charge on any atom is 0.261 e. The van der Waals surface area contributed by atoms with Crippen LogP contribution in [-0.4, -0.2) is 39.7 Å². The van der Waals surface area contributed by atoms with Crippen LogP contribution in [0, 0.1) is 12.8 Å². The van der Waals surface area contributed by atoms with E-state index in [0.29, 0.717) is 42.6 Å². The van der Waals surface area contributed by atoms with E-state index in [1.165, 1.54) is 41.0 Å². The molecule has 1 aliphatic heterocycles. The summed E-state index contributed by atoms with van der Waals surface area (Å²) in [5.41, 5.74) is 2.00. The van der Waals surface area contributed by atoms with Crippen LogP contribution in [0.5, 0.6) is 0 Å². The van der Waals surface area contributed by atoms with Gasteiger partial charge in [0.15, 0.2) is 11.2 Å². The molecule has 1 saturated heterocycles. The number of likely N-dealkylation sites (tertiary alicyclic amines) is 1. The maximum atomic E-state index is 13.2. The van der Waals surface area contributed by atoms with Gasteiger partial charge in [0.1, 0.15) is 11.5 Å². The molecule has 0 atom stereocenters. The van der Waals surface area contributed by atoms with Gasteiger partial charge in [-0.1, -0.05) is 12.7 Å². The van der Waals surface area contributed by atoms with E-state index in [2.05, 4.69) is 16.5 Å². The first kappa shape index (κ1) is 22.6. The van der Waals surface area contributed by atoms with Crippen molar-refractivity contribution in [1.29, 1.82) is 0 Å². The first-order valence-corrected chi connectivity index (χ1v) is 10.5. The Hall–Kier alpha value is -3.06. The molecule has 0 aromatic carbocycles. The molecule has 0 amide bonds. The maximum absolute atomic E-state index is 13.2. The molecule has 0 saturated carbocycles. The first-order chi connectivity index (χ1) is 14.8. The molecule has 0 aliphatic carbocycles. The molecule has 31 heavy (non-hydrogen) atoms. The lowest BCUT2D eigenvalue weighted by Crippen LogP contribution is -2.38. The number of piperidine rings is 1. The summed E-state index contributed by atoms with van der Waals surface area (Å²) in [7, 11) is 0. The van der Waals surface area contributed by atoms with E-state index in [4.69, 9.17) is 0 Å². The van der Waals surface area contributed by atoms with Crippen molar-refractivity contribution in [2.24, 2.45) is 5.92 Å². The molecule has 7 heteroatoms. The lowest BCUT2D eigenvalue weighted by Gasteiger charge is -2.31. The fraction of sp³-hybridized carbons (Fsp3) is 0.375. The molecule has 6 nitrogen and oxygen atoms in total. The molecule has 3 heterocycles. The average molecular weight is 426 g/mol. The van der Waals surface area contributed by atoms with E-state index in [1.807, 2.05) is 6.92 Å². The smallest absolute Gasteiger partial charge is 0.261 e. The van der Waals surface area contributed by atoms with Crippen LogP contribution in [0.4, 0.5) is 4.39 Å². The summed E-state index contributed by atoms with van der Waals surface area (Å²) >= 11 is 0. The molecule has 1 aliphatic rings. The third kappa shape index (κ3) is 5.35. The number of aryl methyl sites for hydroxylation is 1. The third-order valence-corrected chi connectivity index (χ3v) is 5.84. The minimum Gasteiger partial charge on any atom is -0.345 e. The quantitative estimate of drug-likeness (QED) is 0.546. The summed E-state index contributed by atoms with van der Waals surface area (Å²) in [6, 6.07) is 2.79. The molecule has 0 spiro atoms. The topological polar surface area (TPSA) is 74.7 Å². The number of Topliss-reactive ketones (excluding diaryl/α,β-unsaturated/α-hetero) is 1. The van der Waals surface area contributed by atoms with Gasteiger partial charge < -0.3 is 9.88 Å². The van der Waals surface area contributed by atoms with Crippen molar-refractivity contribution in [2.45, 2.75) is 33.1 Å². The number of ketones is 1. The van der Waals surface area contributed by atoms with Gasteiger partial charge in [-0.15, -0.1) is 0 Å². The first-order valence-electron chi connectivity index (χ1n) is 10.5. The van der Waals surface area contributed by atoms with Crippen LogP contribution in [0.3, 0.4) is 0 Å². The van der Waals surface area contributed by atoms with E-state index < -0.39 is 5.83 Å². The minimum absolute atomic E-state index is 0.0317. The molecule has 2 aromatic heterocycles. The number of aromatic amines is 1. The Bertz CT molecular complexity index is 1160. The fourth-order valence-corrected chi connectivity index (χ4v) is 3.93. The summed E-state index contributed by atoms with van der Waals surface area (Å²) in [6.07, 6.45) is 7.54. The zero-order valence-electron chi connectivity index (χ0n) is 18.0. The van der Waals surface area contributed by atoms with Crippen molar-refractivity contribution in [1.82, 2.24) is 14.3 Å². The zero-order valence-corrected chi connectivity index (χ0v) is 18.0. The third-order valence-electron chi connectivity index (χ3n) is 5.84. The summed E-state index contributed by atoms with van der Waals surface area (Å²) in [6.45, 7) is 9.44. The molecule has 2 aromatic rings. The van der Waals surface area contributed by atoms with Gasteiger partial charge in [-0.05, 0) is 58.4 Å². The Kier molecular flexibility index (Phi) is 7.17. The molecular formula is C24H28FN3O3. The van der Waals surface area contributed by atoms with Gasteiger partial charge in [0.05, 0.1) is 0 Å². The number of carbonyl (C=O) groups is 1. The summed E-state index contributed by atoms with van der Waals surface area (Å²) in [5, 5.41) is 0. The van der Waals surface area contributed by atoms with Crippen LogP contribution < -0.4 is 11.0 Å². The van der Waals surface area contributed by atoms with Crippen LogP contribution >= 0.6 is 0 Å². The number of nitrogens with one attached hydrogen (secondary N) is 1. The van der Waals surface area contributed by atoms with Crippen LogP contribution in [0.1, 0.15) is 31.0 Å². The van der Waals surface area contributed by atoms with E-state index >= 15 is 0 Å². The number of pyridine rings is 1. The minimum atomic E-state index is -0.394. The predicted octanol–water partition coefficient (Wildman–Crippen LogP) is 3.11. The molecule has 1 fully saturated rings. The highest BCUT2D eigenvalue weighted by Crippen LogP contribution is 2.22. The number of H-pyrrole nitrogens is 1. The highest BCUT2D eigenvalue weighted by atomic mass is 19.1. The lowest BCUT2D eigenvalue weighted by atomic mass is 9.89. The molecule has 0 bridgehead atoms. The van der Waals surface area contributed by atoms with Gasteiger partial charge >= 0.3 is 0 Å².